The smallest absolute Gasteiger partial charge is 0.0843 e. The van der Waals surface area contributed by atoms with Crippen LogP contribution in [0.2, 0.25) is 78.6 Å². The Kier molecular flexibility index (Phi) is 5.35. The Bertz CT molecular complexity index is 387. The Balaban J connectivity index is 3.57. The Labute approximate surface area is 145 Å². The minimum Gasteiger partial charge on any atom is -0.103 e. The van der Waals surface area contributed by atoms with Gasteiger partial charge in [0.25, 0.3) is 0 Å². The molecule has 0 aromatic heterocycles. The van der Waals surface area contributed by atoms with Crippen molar-refractivity contribution in [3.05, 3.63) is 22.8 Å². The predicted octanol–water partition coefficient (Wildman–Crippen LogP) is 5.83. The molecule has 0 fully saturated rings. The highest BCUT2D eigenvalue weighted by molar-refractivity contribution is 7.76. The highest BCUT2D eigenvalue weighted by atomic mass is 29.6. The molecule has 1 rings (SSSR count). The highest BCUT2D eigenvalue weighted by Crippen LogP contribution is 2.40. The molecule has 0 saturated carbocycles. The summed E-state index contributed by atoms with van der Waals surface area (Å²) in [5.41, 5.74) is 11.7. The van der Waals surface area contributed by atoms with E-state index < -0.39 is 44.6 Å². The molecule has 0 radical (unpaired) electrons. The van der Waals surface area contributed by atoms with Crippen LogP contribution in [-0.4, -0.2) is 44.6 Å². The zero-order valence-electron chi connectivity index (χ0n) is 17.3. The number of hydrogen-bond acceptors (Lipinski definition) is 0. The van der Waals surface area contributed by atoms with Crippen molar-refractivity contribution < 1.29 is 0 Å². The summed E-state index contributed by atoms with van der Waals surface area (Å²) in [6.07, 6.45) is 0. The zero-order chi connectivity index (χ0) is 17.8. The topological polar surface area (TPSA) is 0 Å². The van der Waals surface area contributed by atoms with Crippen molar-refractivity contribution in [3.8, 4) is 0 Å². The minimum absolute atomic E-state index is 1.14. The first kappa shape index (κ1) is 20.8. The van der Waals surface area contributed by atoms with E-state index in [1.807, 2.05) is 0 Å². The molecule has 0 aromatic carbocycles. The number of rotatable bonds is 4. The molecule has 0 N–H and O–H groups in total. The Morgan fingerprint density at radius 2 is 0.500 bits per heavy atom. The minimum atomic E-state index is -1.34. The fourth-order valence-corrected chi connectivity index (χ4v) is 89.8. The van der Waals surface area contributed by atoms with Gasteiger partial charge in [0.1, 0.15) is 0 Å². The molecule has 0 aromatic rings. The summed E-state index contributed by atoms with van der Waals surface area (Å²) in [5.74, 6) is 0. The van der Waals surface area contributed by atoms with Gasteiger partial charge < -0.3 is 0 Å². The maximum absolute atomic E-state index is 2.92. The van der Waals surface area contributed by atoms with Crippen LogP contribution in [0, 0.1) is 0 Å². The second-order valence-electron chi connectivity index (χ2n) is 11.4. The Morgan fingerprint density at radius 3 is 0.591 bits per heavy atom. The maximum Gasteiger partial charge on any atom is 0.0843 e. The lowest BCUT2D eigenvalue weighted by Gasteiger charge is -2.54. The molecule has 0 nitrogen and oxygen atoms in total. The second kappa shape index (κ2) is 5.66. The number of hydrogen-bond donors (Lipinski definition) is 0. The Hall–Kier alpha value is 0.781. The molecule has 1 aliphatic heterocycles. The van der Waals surface area contributed by atoms with Crippen LogP contribution < -0.4 is 0 Å². The molecule has 0 saturated heterocycles. The second-order valence-corrected chi connectivity index (χ2v) is 65.1. The van der Waals surface area contributed by atoms with E-state index in [0.29, 0.717) is 0 Å². The highest BCUT2D eigenvalue weighted by Gasteiger charge is 2.57. The summed E-state index contributed by atoms with van der Waals surface area (Å²) in [7, 11) is -7.24. The normalized spacial score (nSPS) is 22.0. The van der Waals surface area contributed by atoms with E-state index >= 15 is 0 Å². The fourth-order valence-electron chi connectivity index (χ4n) is 4.89. The fraction of sp³-hybridized carbons (Fsp3) is 0.750. The lowest BCUT2D eigenvalue weighted by atomic mass is 11.2. The summed E-state index contributed by atoms with van der Waals surface area (Å²) in [6.45, 7) is 31.7. The molecule has 0 amide bonds. The first-order valence-corrected chi connectivity index (χ1v) is 31.1. The molecule has 0 atom stereocenters. The standard InChI is InChI=1S/C16H40Si6/c1-17(2,3)21(18(4,5)6)13-15-22(16-14-21,19(7,8)9)20(10,11)12/h13-16H,1-12H3. The van der Waals surface area contributed by atoms with Crippen LogP contribution in [-0.2, 0) is 0 Å². The van der Waals surface area contributed by atoms with E-state index in [-0.39, 0.29) is 0 Å². The van der Waals surface area contributed by atoms with Crippen LogP contribution in [0.25, 0.3) is 0 Å². The molecule has 0 aliphatic carbocycles. The van der Waals surface area contributed by atoms with Crippen molar-refractivity contribution >= 4 is 44.6 Å². The average molecular weight is 401 g/mol. The maximum atomic E-state index is 2.92. The van der Waals surface area contributed by atoms with Gasteiger partial charge in [-0.05, 0) is 0 Å². The molecule has 0 unspecified atom stereocenters. The van der Waals surface area contributed by atoms with Crippen LogP contribution >= 0.6 is 0 Å². The van der Waals surface area contributed by atoms with Crippen molar-refractivity contribution in [3.63, 3.8) is 0 Å². The van der Waals surface area contributed by atoms with Crippen LogP contribution in [0.5, 0.6) is 0 Å². The van der Waals surface area contributed by atoms with E-state index in [0.717, 1.165) is 0 Å². The average Bonchev–Trinajstić information content (AvgIpc) is 2.22. The van der Waals surface area contributed by atoms with Crippen molar-refractivity contribution in [2.75, 3.05) is 0 Å². The molecule has 22 heavy (non-hydrogen) atoms. The largest absolute Gasteiger partial charge is 0.103 e. The van der Waals surface area contributed by atoms with E-state index in [2.05, 4.69) is 101 Å². The van der Waals surface area contributed by atoms with Crippen molar-refractivity contribution in [1.29, 1.82) is 0 Å². The summed E-state index contributed by atoms with van der Waals surface area (Å²) in [4.78, 5) is 0. The van der Waals surface area contributed by atoms with Gasteiger partial charge in [0.05, 0.1) is 14.2 Å². The van der Waals surface area contributed by atoms with Gasteiger partial charge in [0, 0.05) is 30.4 Å². The molecule has 0 bridgehead atoms. The third kappa shape index (κ3) is 3.15. The molecule has 0 spiro atoms. The molecule has 1 aliphatic rings. The van der Waals surface area contributed by atoms with Gasteiger partial charge in [0.2, 0.25) is 0 Å². The summed E-state index contributed by atoms with van der Waals surface area (Å²) in [5, 5.41) is 0. The van der Waals surface area contributed by atoms with E-state index in [4.69, 9.17) is 0 Å². The van der Waals surface area contributed by atoms with E-state index in [1.54, 1.807) is 0 Å². The predicted molar refractivity (Wildman–Crippen MR) is 123 cm³/mol. The molecular formula is C16H40Si6. The monoisotopic (exact) mass is 400 g/mol. The third-order valence-electron chi connectivity index (χ3n) is 6.18. The quantitative estimate of drug-likeness (QED) is 0.520. The summed E-state index contributed by atoms with van der Waals surface area (Å²) >= 11 is 0. The molecule has 128 valence electrons. The molecular weight excluding hydrogens is 361 g/mol. The SMILES string of the molecule is C[Si](C)(C)[Si]1([Si](C)(C)C)C=C[Si]([Si](C)(C)C)([Si](C)(C)C)C=C1. The van der Waals surface area contributed by atoms with Crippen molar-refractivity contribution in [1.82, 2.24) is 0 Å². The van der Waals surface area contributed by atoms with E-state index in [9.17, 15) is 0 Å². The van der Waals surface area contributed by atoms with Crippen molar-refractivity contribution in [2.45, 2.75) is 78.6 Å². The van der Waals surface area contributed by atoms with Crippen LogP contribution in [0.3, 0.4) is 0 Å². The summed E-state index contributed by atoms with van der Waals surface area (Å²) < 4.78 is 0. The summed E-state index contributed by atoms with van der Waals surface area (Å²) in [6, 6.07) is 0. The van der Waals surface area contributed by atoms with Gasteiger partial charge in [-0.25, -0.2) is 0 Å². The van der Waals surface area contributed by atoms with Gasteiger partial charge in [-0.15, -0.1) is 22.8 Å². The van der Waals surface area contributed by atoms with Gasteiger partial charge in [0.15, 0.2) is 0 Å². The van der Waals surface area contributed by atoms with Gasteiger partial charge in [-0.1, -0.05) is 78.6 Å². The lowest BCUT2D eigenvalue weighted by Crippen LogP contribution is -2.75. The Morgan fingerprint density at radius 1 is 0.364 bits per heavy atom. The lowest BCUT2D eigenvalue weighted by molar-refractivity contribution is 1.73. The van der Waals surface area contributed by atoms with E-state index in [1.165, 1.54) is 0 Å². The van der Waals surface area contributed by atoms with Gasteiger partial charge in [-0.2, -0.15) is 0 Å². The van der Waals surface area contributed by atoms with Gasteiger partial charge >= 0.3 is 0 Å². The van der Waals surface area contributed by atoms with Crippen LogP contribution in [0.15, 0.2) is 22.8 Å². The van der Waals surface area contributed by atoms with Gasteiger partial charge in [-0.3, -0.25) is 0 Å². The van der Waals surface area contributed by atoms with Crippen molar-refractivity contribution in [2.24, 2.45) is 0 Å². The molecule has 6 heteroatoms. The molecule has 1 heterocycles. The third-order valence-corrected chi connectivity index (χ3v) is 80.3. The van der Waals surface area contributed by atoms with Crippen LogP contribution in [0.4, 0.5) is 0 Å². The first-order valence-electron chi connectivity index (χ1n) is 8.82. The van der Waals surface area contributed by atoms with Crippen LogP contribution in [0.1, 0.15) is 0 Å². The zero-order valence-corrected chi connectivity index (χ0v) is 23.3. The first-order chi connectivity index (χ1) is 9.41.